The van der Waals surface area contributed by atoms with Crippen molar-refractivity contribution in [1.82, 2.24) is 4.98 Å². The molecule has 0 amide bonds. The summed E-state index contributed by atoms with van der Waals surface area (Å²) in [7, 11) is 0. The van der Waals surface area contributed by atoms with Crippen molar-refractivity contribution in [1.29, 1.82) is 0 Å². The van der Waals surface area contributed by atoms with Crippen LogP contribution in [0.4, 0.5) is 0 Å². The lowest BCUT2D eigenvalue weighted by molar-refractivity contribution is 0.104. The number of ketones is 1. The van der Waals surface area contributed by atoms with Crippen LogP contribution in [0.1, 0.15) is 15.9 Å². The zero-order valence-corrected chi connectivity index (χ0v) is 14.6. The minimum Gasteiger partial charge on any atom is -0.506 e. The highest BCUT2D eigenvalue weighted by Crippen LogP contribution is 2.27. The Bertz CT molecular complexity index is 1290. The van der Waals surface area contributed by atoms with Gasteiger partial charge in [0.25, 0.3) is 0 Å². The molecule has 1 N–H and O–H groups in total. The van der Waals surface area contributed by atoms with Crippen LogP contribution in [0, 0.1) is 0 Å². The second-order valence-corrected chi connectivity index (χ2v) is 6.23. The lowest BCUT2D eigenvalue weighted by Crippen LogP contribution is -2.12. The molecule has 0 bridgehead atoms. The summed E-state index contributed by atoms with van der Waals surface area (Å²) in [6.45, 7) is 0. The zero-order valence-electron chi connectivity index (χ0n) is 13.8. The third kappa shape index (κ3) is 3.09. The first kappa shape index (κ1) is 17.0. The van der Waals surface area contributed by atoms with Crippen molar-refractivity contribution < 1.29 is 14.3 Å². The minimum atomic E-state index is -0.899. The third-order valence-electron chi connectivity index (χ3n) is 4.15. The smallest absolute Gasteiger partial charge is 0.351 e. The molecule has 0 aliphatic carbocycles. The Kier molecular flexibility index (Phi) is 4.22. The van der Waals surface area contributed by atoms with E-state index in [4.69, 9.17) is 16.0 Å². The maximum absolute atomic E-state index is 12.5. The summed E-state index contributed by atoms with van der Waals surface area (Å²) in [4.78, 5) is 28.9. The van der Waals surface area contributed by atoms with Crippen molar-refractivity contribution in [2.24, 2.45) is 0 Å². The molecular weight excluding hydrogens is 366 g/mol. The molecule has 6 heteroatoms. The molecule has 0 saturated heterocycles. The number of aromatic nitrogens is 1. The fraction of sp³-hybridized carbons (Fsp3) is 0. The molecule has 132 valence electrons. The predicted molar refractivity (Wildman–Crippen MR) is 104 cm³/mol. The lowest BCUT2D eigenvalue weighted by atomic mass is 10.1. The van der Waals surface area contributed by atoms with Crippen LogP contribution in [0.5, 0.6) is 5.75 Å². The van der Waals surface area contributed by atoms with Crippen molar-refractivity contribution >= 4 is 45.3 Å². The molecule has 0 unspecified atom stereocenters. The number of hydrogen-bond donors (Lipinski definition) is 1. The summed E-state index contributed by atoms with van der Waals surface area (Å²) >= 11 is 6.17. The first-order valence-corrected chi connectivity index (χ1v) is 8.45. The van der Waals surface area contributed by atoms with E-state index in [0.29, 0.717) is 10.9 Å². The maximum atomic E-state index is 12.5. The summed E-state index contributed by atoms with van der Waals surface area (Å²) < 4.78 is 5.12. The Labute approximate surface area is 158 Å². The molecule has 27 heavy (non-hydrogen) atoms. The molecule has 2 aromatic heterocycles. The number of benzene rings is 2. The van der Waals surface area contributed by atoms with Gasteiger partial charge < -0.3 is 9.52 Å². The van der Waals surface area contributed by atoms with Crippen LogP contribution >= 0.6 is 11.6 Å². The Balaban J connectivity index is 1.75. The monoisotopic (exact) mass is 377 g/mol. The number of aromatic hydroxyl groups is 1. The number of hydrogen-bond acceptors (Lipinski definition) is 5. The van der Waals surface area contributed by atoms with E-state index in [1.807, 2.05) is 24.3 Å². The fourth-order valence-corrected chi connectivity index (χ4v) is 3.03. The van der Waals surface area contributed by atoms with E-state index in [1.165, 1.54) is 12.2 Å². The van der Waals surface area contributed by atoms with Crippen LogP contribution in [0.15, 0.2) is 69.9 Å². The van der Waals surface area contributed by atoms with E-state index < -0.39 is 22.7 Å². The number of halogens is 1. The molecule has 5 nitrogen and oxygen atoms in total. The maximum Gasteiger partial charge on any atom is 0.351 e. The van der Waals surface area contributed by atoms with Gasteiger partial charge in [0.05, 0.1) is 10.9 Å². The van der Waals surface area contributed by atoms with Gasteiger partial charge in [0.15, 0.2) is 5.78 Å². The fourth-order valence-electron chi connectivity index (χ4n) is 2.83. The van der Waals surface area contributed by atoms with Crippen LogP contribution in [0.25, 0.3) is 27.9 Å². The second-order valence-electron chi connectivity index (χ2n) is 5.87. The van der Waals surface area contributed by atoms with Crippen LogP contribution < -0.4 is 5.63 Å². The van der Waals surface area contributed by atoms with Crippen LogP contribution in [0.3, 0.4) is 0 Å². The Morgan fingerprint density at radius 1 is 1.11 bits per heavy atom. The number of pyridine rings is 1. The first-order valence-electron chi connectivity index (χ1n) is 8.07. The number of para-hydroxylation sites is 2. The molecule has 0 atom stereocenters. The number of rotatable bonds is 3. The van der Waals surface area contributed by atoms with Gasteiger partial charge in [-0.2, -0.15) is 0 Å². The molecule has 0 saturated carbocycles. The normalized spacial score (nSPS) is 11.4. The number of nitrogens with zero attached hydrogens (tertiary/aromatic N) is 1. The molecule has 0 fully saturated rings. The Morgan fingerprint density at radius 3 is 2.70 bits per heavy atom. The Morgan fingerprint density at radius 2 is 1.85 bits per heavy atom. The minimum absolute atomic E-state index is 0.210. The van der Waals surface area contributed by atoms with E-state index >= 15 is 0 Å². The average Bonchev–Trinajstić information content (AvgIpc) is 2.66. The third-order valence-corrected chi connectivity index (χ3v) is 4.45. The van der Waals surface area contributed by atoms with Gasteiger partial charge in [0, 0.05) is 10.9 Å². The summed E-state index contributed by atoms with van der Waals surface area (Å²) in [5.41, 5.74) is 0.146. The number of allylic oxidation sites excluding steroid dienone is 1. The standard InChI is InChI=1S/C21H12ClNO4/c22-20-13(11-12-5-1-3-7-15(12)23-20)9-10-16(24)18-19(25)14-6-2-4-8-17(14)27-21(18)26/h1-11,25H/b10-9+. The summed E-state index contributed by atoms with van der Waals surface area (Å²) in [6.07, 6.45) is 2.62. The van der Waals surface area contributed by atoms with Gasteiger partial charge in [-0.05, 0) is 36.4 Å². The largest absolute Gasteiger partial charge is 0.506 e. The second kappa shape index (κ2) is 6.70. The molecule has 4 rings (SSSR count). The van der Waals surface area contributed by atoms with E-state index in [1.54, 1.807) is 30.3 Å². The topological polar surface area (TPSA) is 80.4 Å². The highest BCUT2D eigenvalue weighted by atomic mass is 35.5. The van der Waals surface area contributed by atoms with Crippen LogP contribution in [-0.4, -0.2) is 15.9 Å². The Hall–Kier alpha value is -3.44. The summed E-state index contributed by atoms with van der Waals surface area (Å²) in [5, 5.41) is 11.7. The van der Waals surface area contributed by atoms with Crippen molar-refractivity contribution in [2.45, 2.75) is 0 Å². The molecule has 0 aliphatic rings. The van der Waals surface area contributed by atoms with E-state index in [0.717, 1.165) is 10.9 Å². The molecule has 2 aromatic carbocycles. The zero-order chi connectivity index (χ0) is 19.0. The number of carbonyl (C=O) groups is 1. The van der Waals surface area contributed by atoms with Crippen molar-refractivity contribution in [3.63, 3.8) is 0 Å². The van der Waals surface area contributed by atoms with Gasteiger partial charge >= 0.3 is 5.63 Å². The van der Waals surface area contributed by atoms with Crippen molar-refractivity contribution in [2.75, 3.05) is 0 Å². The number of fused-ring (bicyclic) bond motifs is 2. The summed E-state index contributed by atoms with van der Waals surface area (Å²) in [6, 6.07) is 15.7. The van der Waals surface area contributed by atoms with Gasteiger partial charge in [-0.25, -0.2) is 9.78 Å². The SMILES string of the molecule is O=C(/C=C/c1cc2ccccc2nc1Cl)c1c(O)c2ccccc2oc1=O. The first-order chi connectivity index (χ1) is 13.0. The van der Waals surface area contributed by atoms with Crippen molar-refractivity contribution in [3.05, 3.63) is 87.4 Å². The average molecular weight is 378 g/mol. The summed E-state index contributed by atoms with van der Waals surface area (Å²) in [5.74, 6) is -1.09. The predicted octanol–water partition coefficient (Wildman–Crippen LogP) is 4.60. The van der Waals surface area contributed by atoms with Gasteiger partial charge in [-0.15, -0.1) is 0 Å². The highest BCUT2D eigenvalue weighted by molar-refractivity contribution is 6.31. The molecule has 4 aromatic rings. The van der Waals surface area contributed by atoms with Gasteiger partial charge in [-0.1, -0.05) is 41.9 Å². The highest BCUT2D eigenvalue weighted by Gasteiger charge is 2.19. The molecular formula is C21H12ClNO4. The van der Waals surface area contributed by atoms with Gasteiger partial charge in [0.1, 0.15) is 22.0 Å². The lowest BCUT2D eigenvalue weighted by Gasteiger charge is -2.04. The molecule has 0 spiro atoms. The van der Waals surface area contributed by atoms with Crippen LogP contribution in [0.2, 0.25) is 5.15 Å². The number of carbonyl (C=O) groups excluding carboxylic acids is 1. The van der Waals surface area contributed by atoms with Crippen LogP contribution in [-0.2, 0) is 0 Å². The van der Waals surface area contributed by atoms with Gasteiger partial charge in [-0.3, -0.25) is 4.79 Å². The molecule has 0 radical (unpaired) electrons. The van der Waals surface area contributed by atoms with E-state index in [2.05, 4.69) is 4.98 Å². The molecule has 0 aliphatic heterocycles. The quantitative estimate of drug-likeness (QED) is 0.244. The van der Waals surface area contributed by atoms with E-state index in [9.17, 15) is 14.7 Å². The van der Waals surface area contributed by atoms with E-state index in [-0.39, 0.29) is 10.7 Å². The van der Waals surface area contributed by atoms with Crippen molar-refractivity contribution in [3.8, 4) is 5.75 Å². The molecule has 2 heterocycles. The van der Waals surface area contributed by atoms with Gasteiger partial charge in [0.2, 0.25) is 0 Å².